The van der Waals surface area contributed by atoms with Crippen LogP contribution in [0.15, 0.2) is 59.0 Å². The molecule has 0 radical (unpaired) electrons. The molecule has 1 amide bonds. The van der Waals surface area contributed by atoms with Crippen LogP contribution in [0.5, 0.6) is 11.5 Å². The fourth-order valence-electron chi connectivity index (χ4n) is 3.71. The van der Waals surface area contributed by atoms with E-state index in [1.165, 1.54) is 27.8 Å². The molecule has 8 heteroatoms. The van der Waals surface area contributed by atoms with Crippen molar-refractivity contribution in [3.8, 4) is 22.6 Å². The summed E-state index contributed by atoms with van der Waals surface area (Å²) in [5.41, 5.74) is 3.17. The number of aromatic nitrogens is 2. The monoisotopic (exact) mass is 477 g/mol. The van der Waals surface area contributed by atoms with Crippen molar-refractivity contribution in [1.82, 2.24) is 9.55 Å². The number of rotatable bonds is 6. The van der Waals surface area contributed by atoms with Gasteiger partial charge in [0.25, 0.3) is 5.56 Å². The van der Waals surface area contributed by atoms with Crippen LogP contribution in [-0.2, 0) is 16.8 Å². The number of amides is 1. The summed E-state index contributed by atoms with van der Waals surface area (Å²) in [6.45, 7) is 6.27. The summed E-state index contributed by atoms with van der Waals surface area (Å²) in [5.74, 6) is 0.878. The first-order valence-corrected chi connectivity index (χ1v) is 11.7. The molecule has 1 N–H and O–H groups in total. The molecule has 0 bridgehead atoms. The van der Waals surface area contributed by atoms with E-state index in [1.54, 1.807) is 20.3 Å². The van der Waals surface area contributed by atoms with Crippen molar-refractivity contribution in [3.63, 3.8) is 0 Å². The number of carbonyl (C=O) groups excluding carboxylic acids is 1. The van der Waals surface area contributed by atoms with Gasteiger partial charge < -0.3 is 14.8 Å². The second kappa shape index (κ2) is 9.30. The van der Waals surface area contributed by atoms with E-state index in [0.29, 0.717) is 27.4 Å². The van der Waals surface area contributed by atoms with Gasteiger partial charge in [-0.3, -0.25) is 14.2 Å². The Hall–Kier alpha value is -3.65. The smallest absolute Gasteiger partial charge is 0.263 e. The van der Waals surface area contributed by atoms with Gasteiger partial charge >= 0.3 is 0 Å². The van der Waals surface area contributed by atoms with Crippen LogP contribution in [0, 0.1) is 0 Å². The van der Waals surface area contributed by atoms with Crippen LogP contribution >= 0.6 is 11.3 Å². The van der Waals surface area contributed by atoms with Gasteiger partial charge in [-0.15, -0.1) is 11.3 Å². The fourth-order valence-corrected chi connectivity index (χ4v) is 4.61. The van der Waals surface area contributed by atoms with Crippen molar-refractivity contribution in [2.24, 2.45) is 0 Å². The Morgan fingerprint density at radius 3 is 2.41 bits per heavy atom. The molecule has 2 aromatic carbocycles. The third-order valence-electron chi connectivity index (χ3n) is 5.60. The van der Waals surface area contributed by atoms with E-state index in [1.807, 2.05) is 41.8 Å². The molecule has 0 spiro atoms. The maximum Gasteiger partial charge on any atom is 0.263 e. The van der Waals surface area contributed by atoms with E-state index in [9.17, 15) is 9.59 Å². The molecule has 176 valence electrons. The number of carbonyl (C=O) groups is 1. The van der Waals surface area contributed by atoms with E-state index in [0.717, 1.165) is 11.1 Å². The number of nitrogens with one attached hydrogen (secondary N) is 1. The lowest BCUT2D eigenvalue weighted by molar-refractivity contribution is -0.116. The maximum absolute atomic E-state index is 13.3. The van der Waals surface area contributed by atoms with Crippen molar-refractivity contribution in [3.05, 3.63) is 70.1 Å². The number of methoxy groups -OCH3 is 2. The summed E-state index contributed by atoms with van der Waals surface area (Å²) in [7, 11) is 3.14. The maximum atomic E-state index is 13.3. The third-order valence-corrected chi connectivity index (χ3v) is 6.49. The molecule has 34 heavy (non-hydrogen) atoms. The number of benzene rings is 2. The minimum Gasteiger partial charge on any atom is -0.493 e. The highest BCUT2D eigenvalue weighted by molar-refractivity contribution is 7.17. The van der Waals surface area contributed by atoms with Gasteiger partial charge in [0.2, 0.25) is 5.91 Å². The Morgan fingerprint density at radius 2 is 1.76 bits per heavy atom. The van der Waals surface area contributed by atoms with Gasteiger partial charge in [-0.05, 0) is 40.8 Å². The lowest BCUT2D eigenvalue weighted by Gasteiger charge is -2.19. The molecule has 4 aromatic rings. The van der Waals surface area contributed by atoms with Crippen LogP contribution in [-0.4, -0.2) is 29.7 Å². The summed E-state index contributed by atoms with van der Waals surface area (Å²) < 4.78 is 12.0. The first-order chi connectivity index (χ1) is 16.2. The van der Waals surface area contributed by atoms with Crippen LogP contribution in [0.25, 0.3) is 21.3 Å². The number of ether oxygens (including phenoxy) is 2. The number of anilines is 1. The molecule has 0 unspecified atom stereocenters. The Kier molecular flexibility index (Phi) is 6.43. The Bertz CT molecular complexity index is 1400. The topological polar surface area (TPSA) is 82.5 Å². The lowest BCUT2D eigenvalue weighted by atomic mass is 9.87. The highest BCUT2D eigenvalue weighted by Gasteiger charge is 2.17. The number of thiophene rings is 1. The van der Waals surface area contributed by atoms with Crippen molar-refractivity contribution in [1.29, 1.82) is 0 Å². The molecule has 2 aromatic heterocycles. The minimum atomic E-state index is -0.297. The average Bonchev–Trinajstić information content (AvgIpc) is 3.25. The molecular weight excluding hydrogens is 450 g/mol. The first-order valence-electron chi connectivity index (χ1n) is 10.8. The van der Waals surface area contributed by atoms with Crippen molar-refractivity contribution < 1.29 is 14.3 Å². The third kappa shape index (κ3) is 4.68. The number of hydrogen-bond acceptors (Lipinski definition) is 6. The predicted molar refractivity (Wildman–Crippen MR) is 136 cm³/mol. The molecule has 0 aliphatic rings. The van der Waals surface area contributed by atoms with E-state index in [-0.39, 0.29) is 23.4 Å². The SMILES string of the molecule is COc1ccc(-c2csc3ncn(CC(=O)Nc4ccc(C(C)(C)C)cc4)c(=O)c23)cc1OC. The van der Waals surface area contributed by atoms with Gasteiger partial charge in [-0.1, -0.05) is 39.0 Å². The van der Waals surface area contributed by atoms with Gasteiger partial charge in [-0.25, -0.2) is 4.98 Å². The second-order valence-corrected chi connectivity index (χ2v) is 9.81. The largest absolute Gasteiger partial charge is 0.493 e. The molecule has 0 atom stereocenters. The van der Waals surface area contributed by atoms with Gasteiger partial charge in [0.15, 0.2) is 11.5 Å². The Balaban J connectivity index is 1.60. The summed E-state index contributed by atoms with van der Waals surface area (Å²) >= 11 is 1.38. The van der Waals surface area contributed by atoms with Crippen LogP contribution in [0.2, 0.25) is 0 Å². The Morgan fingerprint density at radius 1 is 1.06 bits per heavy atom. The zero-order valence-electron chi connectivity index (χ0n) is 19.8. The summed E-state index contributed by atoms with van der Waals surface area (Å²) in [6.07, 6.45) is 1.42. The van der Waals surface area contributed by atoms with Crippen molar-refractivity contribution in [2.75, 3.05) is 19.5 Å². The predicted octanol–water partition coefficient (Wildman–Crippen LogP) is 5.08. The summed E-state index contributed by atoms with van der Waals surface area (Å²) in [5, 5.41) is 5.22. The highest BCUT2D eigenvalue weighted by atomic mass is 32.1. The quantitative estimate of drug-likeness (QED) is 0.419. The summed E-state index contributed by atoms with van der Waals surface area (Å²) in [6, 6.07) is 13.2. The van der Waals surface area contributed by atoms with Crippen molar-refractivity contribution in [2.45, 2.75) is 32.7 Å². The average molecular weight is 478 g/mol. The zero-order valence-corrected chi connectivity index (χ0v) is 20.7. The van der Waals surface area contributed by atoms with Crippen LogP contribution in [0.4, 0.5) is 5.69 Å². The number of hydrogen-bond donors (Lipinski definition) is 1. The highest BCUT2D eigenvalue weighted by Crippen LogP contribution is 2.36. The fraction of sp³-hybridized carbons (Fsp3) is 0.269. The number of nitrogens with zero attached hydrogens (tertiary/aromatic N) is 2. The first kappa shape index (κ1) is 23.5. The van der Waals surface area contributed by atoms with Gasteiger partial charge in [-0.2, -0.15) is 0 Å². The molecule has 0 fully saturated rings. The van der Waals surface area contributed by atoms with Gasteiger partial charge in [0.05, 0.1) is 25.9 Å². The molecule has 0 saturated heterocycles. The molecule has 0 aliphatic heterocycles. The Labute approximate surface area is 202 Å². The van der Waals surface area contributed by atoms with Crippen LogP contribution < -0.4 is 20.3 Å². The molecule has 7 nitrogen and oxygen atoms in total. The van der Waals surface area contributed by atoms with Crippen molar-refractivity contribution >= 4 is 33.1 Å². The molecule has 4 rings (SSSR count). The number of fused-ring (bicyclic) bond motifs is 1. The van der Waals surface area contributed by atoms with E-state index in [2.05, 4.69) is 31.1 Å². The van der Waals surface area contributed by atoms with Gasteiger partial charge in [0.1, 0.15) is 11.4 Å². The molecule has 2 heterocycles. The van der Waals surface area contributed by atoms with E-state index in [4.69, 9.17) is 9.47 Å². The molecular formula is C26H27N3O4S. The van der Waals surface area contributed by atoms with Gasteiger partial charge in [0, 0.05) is 16.6 Å². The molecule has 0 aliphatic carbocycles. The lowest BCUT2D eigenvalue weighted by Crippen LogP contribution is -2.27. The minimum absolute atomic E-state index is 0.0308. The molecule has 0 saturated carbocycles. The van der Waals surface area contributed by atoms with E-state index >= 15 is 0 Å². The second-order valence-electron chi connectivity index (χ2n) is 8.95. The standard InChI is InChI=1S/C26H27N3O4S/c1-26(2,3)17-7-9-18(10-8-17)28-22(30)13-29-15-27-24-23(25(29)31)19(14-34-24)16-6-11-20(32-4)21(12-16)33-5/h6-12,14-15H,13H2,1-5H3,(H,28,30). The van der Waals surface area contributed by atoms with Crippen LogP contribution in [0.1, 0.15) is 26.3 Å². The zero-order chi connectivity index (χ0) is 24.5. The normalized spacial score (nSPS) is 11.4. The summed E-state index contributed by atoms with van der Waals surface area (Å²) in [4.78, 5) is 31.0. The van der Waals surface area contributed by atoms with Crippen LogP contribution in [0.3, 0.4) is 0 Å². The van der Waals surface area contributed by atoms with E-state index < -0.39 is 0 Å².